The Morgan fingerprint density at radius 1 is 1.56 bits per heavy atom. The second-order valence-electron chi connectivity index (χ2n) is 4.58. The number of Topliss-reactive ketones (excluding diaryl/α,β-unsaturated/α-hetero) is 1. The summed E-state index contributed by atoms with van der Waals surface area (Å²) in [7, 11) is 0. The molecule has 1 fully saturated rings. The first-order valence-electron chi connectivity index (χ1n) is 5.76. The number of oxazole rings is 1. The van der Waals surface area contributed by atoms with Crippen molar-refractivity contribution in [3.63, 3.8) is 0 Å². The highest BCUT2D eigenvalue weighted by molar-refractivity contribution is 5.82. The summed E-state index contributed by atoms with van der Waals surface area (Å²) in [6, 6.07) is 0.272. The minimum Gasteiger partial charge on any atom is -0.445 e. The van der Waals surface area contributed by atoms with Crippen LogP contribution >= 0.6 is 0 Å². The first-order chi connectivity index (χ1) is 7.58. The number of rotatable bonds is 2. The maximum Gasteiger partial charge on any atom is 0.208 e. The minimum absolute atomic E-state index is 0.116. The van der Waals surface area contributed by atoms with Gasteiger partial charge < -0.3 is 4.42 Å². The summed E-state index contributed by atoms with van der Waals surface area (Å²) in [6.45, 7) is 7.50. The topological polar surface area (TPSA) is 46.3 Å². The highest BCUT2D eigenvalue weighted by Crippen LogP contribution is 2.21. The van der Waals surface area contributed by atoms with Crippen LogP contribution in [0.2, 0.25) is 0 Å². The molecule has 1 saturated heterocycles. The molecule has 0 aliphatic carbocycles. The number of aromatic nitrogens is 1. The summed E-state index contributed by atoms with van der Waals surface area (Å²) in [5.74, 6) is 2.06. The molecule has 0 spiro atoms. The van der Waals surface area contributed by atoms with E-state index in [1.165, 1.54) is 0 Å². The van der Waals surface area contributed by atoms with Gasteiger partial charge in [-0.3, -0.25) is 9.69 Å². The van der Waals surface area contributed by atoms with Crippen molar-refractivity contribution in [3.8, 4) is 0 Å². The molecule has 1 aliphatic rings. The summed E-state index contributed by atoms with van der Waals surface area (Å²) < 4.78 is 5.46. The van der Waals surface area contributed by atoms with Gasteiger partial charge in [0.25, 0.3) is 0 Å². The fourth-order valence-electron chi connectivity index (χ4n) is 2.14. The summed E-state index contributed by atoms with van der Waals surface area (Å²) in [4.78, 5) is 18.0. The Balaban J connectivity index is 2.02. The molecular weight excluding hydrogens is 204 g/mol. The van der Waals surface area contributed by atoms with E-state index in [9.17, 15) is 4.79 Å². The van der Waals surface area contributed by atoms with E-state index in [4.69, 9.17) is 4.42 Å². The lowest BCUT2D eigenvalue weighted by Crippen LogP contribution is -2.46. The second kappa shape index (κ2) is 4.37. The molecule has 2 rings (SSSR count). The van der Waals surface area contributed by atoms with Gasteiger partial charge in [0.15, 0.2) is 0 Å². The lowest BCUT2D eigenvalue weighted by molar-refractivity contribution is -0.128. The summed E-state index contributed by atoms with van der Waals surface area (Å²) in [6.07, 6.45) is 2.38. The van der Waals surface area contributed by atoms with Gasteiger partial charge in [0.2, 0.25) is 5.89 Å². The Hall–Kier alpha value is -1.16. The van der Waals surface area contributed by atoms with Crippen molar-refractivity contribution in [1.29, 1.82) is 0 Å². The molecule has 88 valence electrons. The first-order valence-corrected chi connectivity index (χ1v) is 5.76. The van der Waals surface area contributed by atoms with Gasteiger partial charge in [0, 0.05) is 24.9 Å². The molecule has 0 aromatic carbocycles. The van der Waals surface area contributed by atoms with Gasteiger partial charge in [-0.05, 0) is 13.8 Å². The largest absolute Gasteiger partial charge is 0.445 e. The van der Waals surface area contributed by atoms with Crippen LogP contribution in [0.3, 0.4) is 0 Å². The molecule has 1 aromatic heterocycles. The molecule has 16 heavy (non-hydrogen) atoms. The number of piperidine rings is 1. The Kier molecular flexibility index (Phi) is 3.10. The van der Waals surface area contributed by atoms with E-state index in [0.717, 1.165) is 18.2 Å². The smallest absolute Gasteiger partial charge is 0.208 e. The van der Waals surface area contributed by atoms with Crippen molar-refractivity contribution in [2.24, 2.45) is 5.92 Å². The highest BCUT2D eigenvalue weighted by atomic mass is 16.4. The molecule has 0 saturated carbocycles. The van der Waals surface area contributed by atoms with E-state index >= 15 is 0 Å². The molecule has 1 aromatic rings. The van der Waals surface area contributed by atoms with Crippen molar-refractivity contribution in [2.75, 3.05) is 6.54 Å². The van der Waals surface area contributed by atoms with Crippen molar-refractivity contribution >= 4 is 5.78 Å². The van der Waals surface area contributed by atoms with Crippen molar-refractivity contribution in [2.45, 2.75) is 39.8 Å². The zero-order valence-electron chi connectivity index (χ0n) is 10.1. The lowest BCUT2D eigenvalue weighted by atomic mass is 9.91. The van der Waals surface area contributed by atoms with Gasteiger partial charge in [0.1, 0.15) is 11.5 Å². The van der Waals surface area contributed by atoms with Crippen LogP contribution in [0.25, 0.3) is 0 Å². The number of carbonyl (C=O) groups excluding carboxylic acids is 1. The molecule has 1 aliphatic heterocycles. The number of aryl methyl sites for hydroxylation is 1. The van der Waals surface area contributed by atoms with E-state index in [1.807, 2.05) is 13.8 Å². The van der Waals surface area contributed by atoms with E-state index in [1.54, 1.807) is 6.20 Å². The second-order valence-corrected chi connectivity index (χ2v) is 4.58. The number of likely N-dealkylation sites (tertiary alicyclic amines) is 1. The van der Waals surface area contributed by atoms with E-state index in [0.29, 0.717) is 18.7 Å². The fraction of sp³-hybridized carbons (Fsp3) is 0.667. The molecule has 0 N–H and O–H groups in total. The quantitative estimate of drug-likeness (QED) is 0.765. The van der Waals surface area contributed by atoms with Gasteiger partial charge in [0.05, 0.1) is 12.7 Å². The predicted molar refractivity (Wildman–Crippen MR) is 59.9 cm³/mol. The van der Waals surface area contributed by atoms with Crippen LogP contribution in [-0.2, 0) is 11.3 Å². The van der Waals surface area contributed by atoms with Crippen molar-refractivity contribution in [3.05, 3.63) is 17.8 Å². The van der Waals surface area contributed by atoms with E-state index < -0.39 is 0 Å². The summed E-state index contributed by atoms with van der Waals surface area (Å²) in [5.41, 5.74) is 0. The van der Waals surface area contributed by atoms with Crippen molar-refractivity contribution < 1.29 is 9.21 Å². The number of nitrogens with zero attached hydrogens (tertiary/aromatic N) is 2. The maximum atomic E-state index is 11.5. The minimum atomic E-state index is 0.116. The van der Waals surface area contributed by atoms with Crippen LogP contribution in [0.1, 0.15) is 31.9 Å². The van der Waals surface area contributed by atoms with Crippen LogP contribution in [0.15, 0.2) is 10.6 Å². The SMILES string of the molecule is Cc1cnc(CN2CCC(=O)C(C)C2C)o1. The molecule has 4 nitrogen and oxygen atoms in total. The summed E-state index contributed by atoms with van der Waals surface area (Å²) in [5, 5.41) is 0. The maximum absolute atomic E-state index is 11.5. The third-order valence-corrected chi connectivity index (χ3v) is 3.46. The Bertz CT molecular complexity index is 386. The zero-order valence-corrected chi connectivity index (χ0v) is 10.1. The Morgan fingerprint density at radius 3 is 2.94 bits per heavy atom. The average Bonchev–Trinajstić information content (AvgIpc) is 2.65. The molecule has 0 bridgehead atoms. The molecule has 2 unspecified atom stereocenters. The zero-order chi connectivity index (χ0) is 11.7. The highest BCUT2D eigenvalue weighted by Gasteiger charge is 2.31. The molecule has 0 amide bonds. The predicted octanol–water partition coefficient (Wildman–Crippen LogP) is 1.78. The molecular formula is C12H18N2O2. The number of ketones is 1. The third-order valence-electron chi connectivity index (χ3n) is 3.46. The van der Waals surface area contributed by atoms with Crippen LogP contribution in [0.5, 0.6) is 0 Å². The van der Waals surface area contributed by atoms with E-state index in [2.05, 4.69) is 16.8 Å². The molecule has 2 atom stereocenters. The van der Waals surface area contributed by atoms with Crippen LogP contribution < -0.4 is 0 Å². The lowest BCUT2D eigenvalue weighted by Gasteiger charge is -2.35. The molecule has 2 heterocycles. The standard InChI is InChI=1S/C12H18N2O2/c1-8-6-13-12(16-8)7-14-5-4-11(15)9(2)10(14)3/h6,9-10H,4-5,7H2,1-3H3. The first kappa shape index (κ1) is 11.3. The van der Waals surface area contributed by atoms with Gasteiger partial charge in [-0.2, -0.15) is 0 Å². The Morgan fingerprint density at radius 2 is 2.31 bits per heavy atom. The van der Waals surface area contributed by atoms with Gasteiger partial charge >= 0.3 is 0 Å². The van der Waals surface area contributed by atoms with Gasteiger partial charge in [-0.15, -0.1) is 0 Å². The third kappa shape index (κ3) is 2.16. The van der Waals surface area contributed by atoms with E-state index in [-0.39, 0.29) is 12.0 Å². The van der Waals surface area contributed by atoms with Crippen LogP contribution in [0.4, 0.5) is 0 Å². The fourth-order valence-corrected chi connectivity index (χ4v) is 2.14. The summed E-state index contributed by atoms with van der Waals surface area (Å²) >= 11 is 0. The van der Waals surface area contributed by atoms with Gasteiger partial charge in [-0.1, -0.05) is 6.92 Å². The Labute approximate surface area is 95.6 Å². The van der Waals surface area contributed by atoms with Crippen molar-refractivity contribution in [1.82, 2.24) is 9.88 Å². The van der Waals surface area contributed by atoms with Gasteiger partial charge in [-0.25, -0.2) is 4.98 Å². The molecule has 4 heteroatoms. The van der Waals surface area contributed by atoms with Crippen LogP contribution in [0, 0.1) is 12.8 Å². The number of hydrogen-bond donors (Lipinski definition) is 0. The van der Waals surface area contributed by atoms with Crippen LogP contribution in [-0.4, -0.2) is 28.3 Å². The average molecular weight is 222 g/mol. The molecule has 0 radical (unpaired) electrons. The normalized spacial score (nSPS) is 27.3. The number of hydrogen-bond acceptors (Lipinski definition) is 4. The monoisotopic (exact) mass is 222 g/mol. The number of carbonyl (C=O) groups is 1.